The highest BCUT2D eigenvalue weighted by molar-refractivity contribution is 7.55. The molecular weight excluding hydrogens is 624 g/mol. The highest BCUT2D eigenvalue weighted by Crippen LogP contribution is 2.64. The first-order valence-corrected chi connectivity index (χ1v) is 18.1. The quantitative estimate of drug-likeness (QED) is 0.173. The van der Waals surface area contributed by atoms with Crippen molar-refractivity contribution in [2.45, 2.75) is 5.41 Å². The van der Waals surface area contributed by atoms with Crippen LogP contribution in [0.15, 0.2) is 182 Å². The highest BCUT2D eigenvalue weighted by Gasteiger charge is 2.54. The zero-order chi connectivity index (χ0) is 33.1. The molecule has 2 unspecified atom stereocenters. The van der Waals surface area contributed by atoms with E-state index in [2.05, 4.69) is 176 Å². The van der Waals surface area contributed by atoms with Crippen LogP contribution in [0.5, 0.6) is 0 Å². The average molecular weight is 655 g/mol. The maximum Gasteiger partial charge on any atom is 0.160 e. The van der Waals surface area contributed by atoms with Crippen LogP contribution in [0.1, 0.15) is 22.3 Å². The van der Waals surface area contributed by atoms with Crippen molar-refractivity contribution in [2.75, 3.05) is 0 Å². The van der Waals surface area contributed by atoms with Gasteiger partial charge in [-0.15, -0.1) is 0 Å². The first-order valence-electron chi connectivity index (χ1n) is 17.1. The van der Waals surface area contributed by atoms with Gasteiger partial charge < -0.3 is 0 Å². The number of aromatic nitrogens is 2. The first-order chi connectivity index (χ1) is 24.8. The van der Waals surface area contributed by atoms with Gasteiger partial charge in [0, 0.05) is 22.3 Å². The summed E-state index contributed by atoms with van der Waals surface area (Å²) in [5.41, 5.74) is 14.6. The third-order valence-electron chi connectivity index (χ3n) is 10.3. The highest BCUT2D eigenvalue weighted by atomic mass is 31.1. The van der Waals surface area contributed by atoms with Gasteiger partial charge >= 0.3 is 0 Å². The lowest BCUT2D eigenvalue weighted by molar-refractivity contribution is 0.788. The molecule has 0 saturated heterocycles. The molecule has 1 spiro atoms. The average Bonchev–Trinajstić information content (AvgIpc) is 3.66. The topological polar surface area (TPSA) is 25.8 Å². The number of hydrogen-bond donors (Lipinski definition) is 0. The van der Waals surface area contributed by atoms with Gasteiger partial charge in [0.25, 0.3) is 0 Å². The van der Waals surface area contributed by atoms with Crippen LogP contribution in [0.25, 0.3) is 56.2 Å². The van der Waals surface area contributed by atoms with E-state index in [0.29, 0.717) is 8.58 Å². The van der Waals surface area contributed by atoms with Crippen molar-refractivity contribution in [2.24, 2.45) is 0 Å². The van der Waals surface area contributed by atoms with Gasteiger partial charge in [-0.2, -0.15) is 0 Å². The van der Waals surface area contributed by atoms with E-state index in [1.165, 1.54) is 55.1 Å². The standard InChI is InChI=1S/C47H31N2P/c1-4-14-32(15-5-1)44-43-45(49-46(48-44)33-16-6-2-7-17-33)39-21-11-13-23-41(39)47(43)40-22-12-10-20-37(40)38-29-26-34(30-42(38)47)31-24-27-36(28-25-31)50-35-18-8-3-9-19-35/h1-30,50H. The molecule has 0 radical (unpaired) electrons. The van der Waals surface area contributed by atoms with Crippen LogP contribution >= 0.6 is 8.58 Å². The Kier molecular flexibility index (Phi) is 6.72. The number of benzene rings is 7. The van der Waals surface area contributed by atoms with Crippen molar-refractivity contribution in [3.8, 4) is 56.2 Å². The summed E-state index contributed by atoms with van der Waals surface area (Å²) in [5, 5.41) is 2.69. The van der Waals surface area contributed by atoms with E-state index in [0.717, 1.165) is 33.9 Å². The fourth-order valence-corrected chi connectivity index (χ4v) is 9.16. The van der Waals surface area contributed by atoms with Crippen molar-refractivity contribution in [1.82, 2.24) is 9.97 Å². The van der Waals surface area contributed by atoms with E-state index in [1.54, 1.807) is 0 Å². The van der Waals surface area contributed by atoms with Crippen LogP contribution in [0.4, 0.5) is 0 Å². The maximum absolute atomic E-state index is 5.45. The maximum atomic E-state index is 5.45. The van der Waals surface area contributed by atoms with E-state index in [4.69, 9.17) is 9.97 Å². The molecule has 2 atom stereocenters. The molecule has 0 bridgehead atoms. The monoisotopic (exact) mass is 654 g/mol. The molecule has 0 saturated carbocycles. The normalized spacial score (nSPS) is 15.2. The summed E-state index contributed by atoms with van der Waals surface area (Å²) in [6, 6.07) is 65.8. The number of rotatable bonds is 5. The van der Waals surface area contributed by atoms with Crippen molar-refractivity contribution in [3.05, 3.63) is 204 Å². The summed E-state index contributed by atoms with van der Waals surface area (Å²) in [5.74, 6) is 0.742. The fourth-order valence-electron chi connectivity index (χ4n) is 8.14. The molecule has 0 fully saturated rings. The summed E-state index contributed by atoms with van der Waals surface area (Å²) in [4.78, 5) is 10.9. The van der Waals surface area contributed by atoms with Gasteiger partial charge in [-0.25, -0.2) is 9.97 Å². The lowest BCUT2D eigenvalue weighted by atomic mass is 9.69. The van der Waals surface area contributed by atoms with E-state index in [1.807, 2.05) is 6.07 Å². The lowest BCUT2D eigenvalue weighted by Gasteiger charge is -2.31. The summed E-state index contributed by atoms with van der Waals surface area (Å²) >= 11 is 0. The van der Waals surface area contributed by atoms with Crippen LogP contribution in [0.2, 0.25) is 0 Å². The Labute approximate surface area is 294 Å². The molecule has 10 rings (SSSR count). The predicted molar refractivity (Wildman–Crippen MR) is 209 cm³/mol. The largest absolute Gasteiger partial charge is 0.228 e. The van der Waals surface area contributed by atoms with Gasteiger partial charge in [0.2, 0.25) is 0 Å². The summed E-state index contributed by atoms with van der Waals surface area (Å²) in [6.45, 7) is 0. The molecular formula is C47H31N2P. The molecule has 50 heavy (non-hydrogen) atoms. The minimum atomic E-state index is -0.580. The van der Waals surface area contributed by atoms with Crippen molar-refractivity contribution < 1.29 is 0 Å². The van der Waals surface area contributed by atoms with Crippen LogP contribution in [-0.2, 0) is 5.41 Å². The lowest BCUT2D eigenvalue weighted by Crippen LogP contribution is -2.27. The van der Waals surface area contributed by atoms with Gasteiger partial charge in [0.15, 0.2) is 5.82 Å². The van der Waals surface area contributed by atoms with Gasteiger partial charge in [0.05, 0.1) is 16.8 Å². The molecule has 0 N–H and O–H groups in total. The van der Waals surface area contributed by atoms with Gasteiger partial charge in [-0.1, -0.05) is 185 Å². The van der Waals surface area contributed by atoms with E-state index >= 15 is 0 Å². The summed E-state index contributed by atoms with van der Waals surface area (Å²) < 4.78 is 0. The summed E-state index contributed by atoms with van der Waals surface area (Å²) in [7, 11) is 0.632. The van der Waals surface area contributed by atoms with E-state index < -0.39 is 5.41 Å². The molecule has 2 aliphatic carbocycles. The Balaban J connectivity index is 1.23. The molecule has 7 aromatic carbocycles. The van der Waals surface area contributed by atoms with Crippen LogP contribution in [0, 0.1) is 0 Å². The van der Waals surface area contributed by atoms with Crippen LogP contribution < -0.4 is 10.6 Å². The Morgan fingerprint density at radius 3 is 1.60 bits per heavy atom. The molecule has 2 aliphatic rings. The Morgan fingerprint density at radius 1 is 0.360 bits per heavy atom. The van der Waals surface area contributed by atoms with E-state index in [-0.39, 0.29) is 0 Å². The SMILES string of the molecule is c1ccc(Pc2ccc(-c3ccc4c(c3)C3(c5ccccc5-4)c4ccccc4-c4nc(-c5ccccc5)nc(-c5ccccc5)c43)cc2)cc1. The van der Waals surface area contributed by atoms with Crippen molar-refractivity contribution >= 4 is 19.2 Å². The van der Waals surface area contributed by atoms with Gasteiger partial charge in [-0.3, -0.25) is 0 Å². The van der Waals surface area contributed by atoms with Gasteiger partial charge in [-0.05, 0) is 55.6 Å². The molecule has 3 heteroatoms. The number of hydrogen-bond acceptors (Lipinski definition) is 2. The smallest absolute Gasteiger partial charge is 0.160 e. The molecule has 1 heterocycles. The Bertz CT molecular complexity index is 2550. The third-order valence-corrected chi connectivity index (χ3v) is 11.5. The third kappa shape index (κ3) is 4.39. The second-order valence-electron chi connectivity index (χ2n) is 13.0. The fraction of sp³-hybridized carbons (Fsp3) is 0.0213. The predicted octanol–water partition coefficient (Wildman–Crippen LogP) is 10.5. The zero-order valence-electron chi connectivity index (χ0n) is 27.2. The molecule has 2 nitrogen and oxygen atoms in total. The summed E-state index contributed by atoms with van der Waals surface area (Å²) in [6.07, 6.45) is 0. The second kappa shape index (κ2) is 11.6. The molecule has 8 aromatic rings. The first kappa shape index (κ1) is 29.0. The number of nitrogens with zero attached hydrogens (tertiary/aromatic N) is 2. The van der Waals surface area contributed by atoms with Gasteiger partial charge in [0.1, 0.15) is 0 Å². The van der Waals surface area contributed by atoms with Crippen LogP contribution in [0.3, 0.4) is 0 Å². The molecule has 1 aromatic heterocycles. The number of fused-ring (bicyclic) bond motifs is 10. The minimum absolute atomic E-state index is 0.580. The Morgan fingerprint density at radius 2 is 0.880 bits per heavy atom. The molecule has 0 amide bonds. The minimum Gasteiger partial charge on any atom is -0.228 e. The second-order valence-corrected chi connectivity index (χ2v) is 14.4. The van der Waals surface area contributed by atoms with Crippen molar-refractivity contribution in [1.29, 1.82) is 0 Å². The van der Waals surface area contributed by atoms with E-state index in [9.17, 15) is 0 Å². The van der Waals surface area contributed by atoms with Crippen LogP contribution in [-0.4, -0.2) is 9.97 Å². The Hall–Kier alpha value is -5.95. The molecule has 0 aliphatic heterocycles. The van der Waals surface area contributed by atoms with Crippen molar-refractivity contribution in [3.63, 3.8) is 0 Å². The molecule has 234 valence electrons. The zero-order valence-corrected chi connectivity index (χ0v) is 28.2.